The Morgan fingerprint density at radius 1 is 1.31 bits per heavy atom. The van der Waals surface area contributed by atoms with Gasteiger partial charge in [-0.2, -0.15) is 0 Å². The average Bonchev–Trinajstić information content (AvgIpc) is 2.81. The molecular formula is C14H18N2. The van der Waals surface area contributed by atoms with Crippen LogP contribution in [0.3, 0.4) is 0 Å². The van der Waals surface area contributed by atoms with Crippen LogP contribution in [-0.4, -0.2) is 23.5 Å². The van der Waals surface area contributed by atoms with Gasteiger partial charge in [0.1, 0.15) is 0 Å². The zero-order chi connectivity index (χ0) is 11.1. The highest BCUT2D eigenvalue weighted by molar-refractivity contribution is 5.83. The Morgan fingerprint density at radius 3 is 2.88 bits per heavy atom. The molecule has 2 aromatic rings. The molecule has 0 unspecified atom stereocenters. The number of H-pyrrole nitrogens is 1. The summed E-state index contributed by atoms with van der Waals surface area (Å²) < 4.78 is 0. The third-order valence-electron chi connectivity index (χ3n) is 3.74. The first-order chi connectivity index (χ1) is 7.75. The molecule has 1 saturated heterocycles. The van der Waals surface area contributed by atoms with E-state index in [9.17, 15) is 0 Å². The quantitative estimate of drug-likeness (QED) is 0.772. The van der Waals surface area contributed by atoms with Crippen LogP contribution < -0.4 is 0 Å². The van der Waals surface area contributed by atoms with Crippen molar-refractivity contribution in [2.75, 3.05) is 13.6 Å². The zero-order valence-corrected chi connectivity index (χ0v) is 9.90. The van der Waals surface area contributed by atoms with Gasteiger partial charge >= 0.3 is 0 Å². The molecule has 2 atom stereocenters. The summed E-state index contributed by atoms with van der Waals surface area (Å²) in [6.45, 7) is 3.55. The summed E-state index contributed by atoms with van der Waals surface area (Å²) in [5.41, 5.74) is 2.72. The van der Waals surface area contributed by atoms with E-state index < -0.39 is 0 Å². The van der Waals surface area contributed by atoms with Crippen LogP contribution in [-0.2, 0) is 0 Å². The summed E-state index contributed by atoms with van der Waals surface area (Å²) in [7, 11) is 2.23. The molecule has 16 heavy (non-hydrogen) atoms. The van der Waals surface area contributed by atoms with Gasteiger partial charge in [-0.25, -0.2) is 0 Å². The molecule has 0 saturated carbocycles. The minimum absolute atomic E-state index is 0.589. The lowest BCUT2D eigenvalue weighted by Crippen LogP contribution is -2.17. The van der Waals surface area contributed by atoms with Gasteiger partial charge in [0.25, 0.3) is 0 Å². The Kier molecular flexibility index (Phi) is 2.25. The summed E-state index contributed by atoms with van der Waals surface area (Å²) in [5, 5.41) is 1.38. The number of benzene rings is 1. The van der Waals surface area contributed by atoms with E-state index in [0.717, 1.165) is 5.92 Å². The molecule has 0 spiro atoms. The zero-order valence-electron chi connectivity index (χ0n) is 9.90. The normalized spacial score (nSPS) is 26.6. The number of nitrogens with zero attached hydrogens (tertiary/aromatic N) is 1. The number of rotatable bonds is 1. The van der Waals surface area contributed by atoms with Crippen molar-refractivity contribution in [3.63, 3.8) is 0 Å². The average molecular weight is 214 g/mol. The topological polar surface area (TPSA) is 19.0 Å². The van der Waals surface area contributed by atoms with Crippen LogP contribution >= 0.6 is 0 Å². The standard InChI is InChI=1S/C14H18N2/c1-10-7-14(16(2)9-10)12-8-15-13-6-4-3-5-11(12)13/h3-6,8,10,14-15H,7,9H2,1-2H3/t10-,14+/m0/s1. The van der Waals surface area contributed by atoms with Crippen molar-refractivity contribution in [3.8, 4) is 0 Å². The van der Waals surface area contributed by atoms with Crippen LogP contribution in [0.4, 0.5) is 0 Å². The van der Waals surface area contributed by atoms with Gasteiger partial charge in [-0.3, -0.25) is 4.90 Å². The van der Waals surface area contributed by atoms with Crippen molar-refractivity contribution >= 4 is 10.9 Å². The third kappa shape index (κ3) is 1.45. The number of likely N-dealkylation sites (tertiary alicyclic amines) is 1. The molecule has 1 aromatic carbocycles. The highest BCUT2D eigenvalue weighted by Gasteiger charge is 2.29. The van der Waals surface area contributed by atoms with Crippen molar-refractivity contribution in [2.24, 2.45) is 5.92 Å². The van der Waals surface area contributed by atoms with E-state index in [1.807, 2.05) is 0 Å². The largest absolute Gasteiger partial charge is 0.361 e. The second-order valence-corrected chi connectivity index (χ2v) is 5.09. The Bertz CT molecular complexity index is 500. The lowest BCUT2D eigenvalue weighted by atomic mass is 10.0. The molecule has 0 aliphatic carbocycles. The van der Waals surface area contributed by atoms with Gasteiger partial charge in [0.15, 0.2) is 0 Å². The molecule has 1 fully saturated rings. The van der Waals surface area contributed by atoms with Gasteiger partial charge in [0.2, 0.25) is 0 Å². The molecule has 2 heterocycles. The van der Waals surface area contributed by atoms with Crippen molar-refractivity contribution in [1.29, 1.82) is 0 Å². The molecule has 1 aromatic heterocycles. The Hall–Kier alpha value is -1.28. The first-order valence-corrected chi connectivity index (χ1v) is 6.02. The summed E-state index contributed by atoms with van der Waals surface area (Å²) in [5.74, 6) is 0.809. The van der Waals surface area contributed by atoms with E-state index >= 15 is 0 Å². The van der Waals surface area contributed by atoms with Crippen molar-refractivity contribution in [3.05, 3.63) is 36.0 Å². The second kappa shape index (κ2) is 3.63. The lowest BCUT2D eigenvalue weighted by molar-refractivity contribution is 0.316. The predicted molar refractivity (Wildman–Crippen MR) is 67.5 cm³/mol. The maximum absolute atomic E-state index is 3.37. The monoisotopic (exact) mass is 214 g/mol. The molecular weight excluding hydrogens is 196 g/mol. The molecule has 1 aliphatic rings. The molecule has 2 nitrogen and oxygen atoms in total. The number of aromatic nitrogens is 1. The van der Waals surface area contributed by atoms with Crippen LogP contribution in [0.15, 0.2) is 30.5 Å². The van der Waals surface area contributed by atoms with Crippen molar-refractivity contribution in [1.82, 2.24) is 9.88 Å². The first-order valence-electron chi connectivity index (χ1n) is 6.02. The molecule has 1 aliphatic heterocycles. The van der Waals surface area contributed by atoms with Gasteiger partial charge in [0.05, 0.1) is 0 Å². The van der Waals surface area contributed by atoms with E-state index in [1.54, 1.807) is 0 Å². The van der Waals surface area contributed by atoms with Gasteiger partial charge in [-0.1, -0.05) is 25.1 Å². The smallest absolute Gasteiger partial charge is 0.0457 e. The maximum atomic E-state index is 3.37. The molecule has 3 rings (SSSR count). The number of nitrogens with one attached hydrogen (secondary N) is 1. The highest BCUT2D eigenvalue weighted by Crippen LogP contribution is 2.37. The van der Waals surface area contributed by atoms with Crippen molar-refractivity contribution in [2.45, 2.75) is 19.4 Å². The summed E-state index contributed by atoms with van der Waals surface area (Å²) in [4.78, 5) is 5.85. The molecule has 0 bridgehead atoms. The second-order valence-electron chi connectivity index (χ2n) is 5.09. The first kappa shape index (κ1) is 9.91. The van der Waals surface area contributed by atoms with E-state index in [0.29, 0.717) is 6.04 Å². The third-order valence-corrected chi connectivity index (χ3v) is 3.74. The maximum Gasteiger partial charge on any atom is 0.0457 e. The van der Waals surface area contributed by atoms with Crippen LogP contribution in [0.1, 0.15) is 24.9 Å². The summed E-state index contributed by atoms with van der Waals surface area (Å²) in [6.07, 6.45) is 3.46. The van der Waals surface area contributed by atoms with Gasteiger partial charge in [-0.05, 0) is 31.0 Å². The van der Waals surface area contributed by atoms with Crippen LogP contribution in [0, 0.1) is 5.92 Å². The number of para-hydroxylation sites is 1. The van der Waals surface area contributed by atoms with Gasteiger partial charge in [0, 0.05) is 29.7 Å². The number of fused-ring (bicyclic) bond motifs is 1. The summed E-state index contributed by atoms with van der Waals surface area (Å²) in [6, 6.07) is 9.17. The number of aromatic amines is 1. The minimum atomic E-state index is 0.589. The molecule has 2 heteroatoms. The van der Waals surface area contributed by atoms with Gasteiger partial charge in [-0.15, -0.1) is 0 Å². The van der Waals surface area contributed by atoms with E-state index in [-0.39, 0.29) is 0 Å². The SMILES string of the molecule is C[C@H]1C[C@H](c2c[nH]c3ccccc23)N(C)C1. The van der Waals surface area contributed by atoms with Crippen molar-refractivity contribution < 1.29 is 0 Å². The number of hydrogen-bond acceptors (Lipinski definition) is 1. The Balaban J connectivity index is 2.06. The number of hydrogen-bond donors (Lipinski definition) is 1. The summed E-state index contributed by atoms with van der Waals surface area (Å²) >= 11 is 0. The van der Waals surface area contributed by atoms with Crippen LogP contribution in [0.25, 0.3) is 10.9 Å². The fraction of sp³-hybridized carbons (Fsp3) is 0.429. The Morgan fingerprint density at radius 2 is 2.12 bits per heavy atom. The van der Waals surface area contributed by atoms with E-state index in [2.05, 4.69) is 54.3 Å². The minimum Gasteiger partial charge on any atom is -0.361 e. The molecule has 0 radical (unpaired) electrons. The van der Waals surface area contributed by atoms with Crippen LogP contribution in [0.5, 0.6) is 0 Å². The highest BCUT2D eigenvalue weighted by atomic mass is 15.2. The molecule has 84 valence electrons. The fourth-order valence-electron chi connectivity index (χ4n) is 2.99. The predicted octanol–water partition coefficient (Wildman–Crippen LogP) is 3.18. The van der Waals surface area contributed by atoms with Crippen LogP contribution in [0.2, 0.25) is 0 Å². The van der Waals surface area contributed by atoms with E-state index in [4.69, 9.17) is 0 Å². The Labute approximate surface area is 96.3 Å². The lowest BCUT2D eigenvalue weighted by Gasteiger charge is -2.18. The van der Waals surface area contributed by atoms with Gasteiger partial charge < -0.3 is 4.98 Å². The molecule has 0 amide bonds. The fourth-order valence-corrected chi connectivity index (χ4v) is 2.99. The molecule has 1 N–H and O–H groups in total. The van der Waals surface area contributed by atoms with E-state index in [1.165, 1.54) is 29.4 Å².